The number of rotatable bonds is 3. The molecule has 3 heterocycles. The van der Waals surface area contributed by atoms with Crippen molar-refractivity contribution in [3.63, 3.8) is 0 Å². The van der Waals surface area contributed by atoms with Gasteiger partial charge in [-0.05, 0) is 12.1 Å². The summed E-state index contributed by atoms with van der Waals surface area (Å²) < 4.78 is 42.6. The van der Waals surface area contributed by atoms with E-state index in [0.717, 1.165) is 4.90 Å². The highest BCUT2D eigenvalue weighted by Gasteiger charge is 2.43. The fourth-order valence-corrected chi connectivity index (χ4v) is 2.61. The van der Waals surface area contributed by atoms with Crippen LogP contribution < -0.4 is 4.90 Å². The second-order valence-corrected chi connectivity index (χ2v) is 6.29. The molecule has 0 radical (unpaired) electrons. The third-order valence-electron chi connectivity index (χ3n) is 4.08. The van der Waals surface area contributed by atoms with Crippen molar-refractivity contribution >= 4 is 11.7 Å². The molecule has 0 unspecified atom stereocenters. The number of alkyl halides is 3. The maximum absolute atomic E-state index is 12.5. The number of hydrogen-bond acceptors (Lipinski definition) is 6. The van der Waals surface area contributed by atoms with Crippen LogP contribution in [-0.4, -0.2) is 58.3 Å². The number of amides is 1. The molecule has 0 aliphatic carbocycles. The summed E-state index contributed by atoms with van der Waals surface area (Å²) >= 11 is 0. The molecule has 1 aliphatic heterocycles. The Balaban J connectivity index is 1.64. The first-order valence-electron chi connectivity index (χ1n) is 8.17. The lowest BCUT2D eigenvalue weighted by Crippen LogP contribution is -2.52. The Labute approximate surface area is 147 Å². The second-order valence-electron chi connectivity index (χ2n) is 6.29. The molecule has 2 aromatic heterocycles. The Bertz CT molecular complexity index is 765. The number of hydrogen-bond donors (Lipinski definition) is 0. The van der Waals surface area contributed by atoms with E-state index in [2.05, 4.69) is 15.1 Å². The molecule has 1 saturated heterocycles. The quantitative estimate of drug-likeness (QED) is 0.827. The molecule has 1 aliphatic rings. The van der Waals surface area contributed by atoms with E-state index in [1.807, 2.05) is 18.7 Å². The van der Waals surface area contributed by atoms with Gasteiger partial charge in [0, 0.05) is 43.9 Å². The highest BCUT2D eigenvalue weighted by atomic mass is 19.4. The van der Waals surface area contributed by atoms with Crippen molar-refractivity contribution in [3.05, 3.63) is 24.2 Å². The zero-order chi connectivity index (χ0) is 18.9. The van der Waals surface area contributed by atoms with Gasteiger partial charge in [0.05, 0.1) is 0 Å². The summed E-state index contributed by atoms with van der Waals surface area (Å²) in [5.41, 5.74) is 0.690. The minimum Gasteiger partial charge on any atom is -0.353 e. The van der Waals surface area contributed by atoms with Crippen LogP contribution in [0.25, 0.3) is 11.4 Å². The first-order valence-corrected chi connectivity index (χ1v) is 8.17. The lowest BCUT2D eigenvalue weighted by Gasteiger charge is -2.35. The molecular formula is C16H18F3N5O2. The molecule has 0 aromatic carbocycles. The van der Waals surface area contributed by atoms with E-state index < -0.39 is 12.1 Å². The fourth-order valence-electron chi connectivity index (χ4n) is 2.61. The van der Waals surface area contributed by atoms with Crippen LogP contribution in [0.1, 0.15) is 25.7 Å². The zero-order valence-corrected chi connectivity index (χ0v) is 14.3. The molecule has 26 heavy (non-hydrogen) atoms. The summed E-state index contributed by atoms with van der Waals surface area (Å²) in [6.07, 6.45) is -3.24. The molecule has 3 rings (SSSR count). The second kappa shape index (κ2) is 6.93. The third-order valence-corrected chi connectivity index (χ3v) is 4.08. The van der Waals surface area contributed by atoms with E-state index in [1.54, 1.807) is 18.3 Å². The van der Waals surface area contributed by atoms with Crippen molar-refractivity contribution < 1.29 is 22.5 Å². The SMILES string of the molecule is CC(C)c1nc(-c2ccc(N3CCN(C(=O)C(F)(F)F)CC3)nc2)no1. The van der Waals surface area contributed by atoms with E-state index >= 15 is 0 Å². The van der Waals surface area contributed by atoms with E-state index in [-0.39, 0.29) is 32.1 Å². The molecule has 1 fully saturated rings. The largest absolute Gasteiger partial charge is 0.471 e. The van der Waals surface area contributed by atoms with E-state index in [4.69, 9.17) is 4.52 Å². The molecule has 0 atom stereocenters. The van der Waals surface area contributed by atoms with Crippen LogP contribution in [0.4, 0.5) is 19.0 Å². The number of anilines is 1. The van der Waals surface area contributed by atoms with Gasteiger partial charge in [-0.1, -0.05) is 19.0 Å². The smallest absolute Gasteiger partial charge is 0.353 e. The summed E-state index contributed by atoms with van der Waals surface area (Å²) in [6, 6.07) is 3.53. The van der Waals surface area contributed by atoms with Crippen LogP contribution in [0, 0.1) is 0 Å². The van der Waals surface area contributed by atoms with Gasteiger partial charge < -0.3 is 14.3 Å². The van der Waals surface area contributed by atoms with Gasteiger partial charge in [-0.2, -0.15) is 18.2 Å². The Hall–Kier alpha value is -2.65. The van der Waals surface area contributed by atoms with Gasteiger partial charge in [-0.15, -0.1) is 0 Å². The number of carbonyl (C=O) groups is 1. The zero-order valence-electron chi connectivity index (χ0n) is 14.3. The Morgan fingerprint density at radius 1 is 1.19 bits per heavy atom. The Kier molecular flexibility index (Phi) is 4.84. The molecule has 0 spiro atoms. The van der Waals surface area contributed by atoms with Crippen LogP contribution >= 0.6 is 0 Å². The summed E-state index contributed by atoms with van der Waals surface area (Å²) in [4.78, 5) is 22.5. The minimum atomic E-state index is -4.83. The van der Waals surface area contributed by atoms with Gasteiger partial charge in [0.2, 0.25) is 11.7 Å². The van der Waals surface area contributed by atoms with Crippen LogP contribution in [0.15, 0.2) is 22.9 Å². The molecule has 1 amide bonds. The van der Waals surface area contributed by atoms with Gasteiger partial charge in [0.15, 0.2) is 0 Å². The fraction of sp³-hybridized carbons (Fsp3) is 0.500. The first kappa shape index (κ1) is 18.2. The maximum Gasteiger partial charge on any atom is 0.471 e. The molecule has 0 N–H and O–H groups in total. The predicted molar refractivity (Wildman–Crippen MR) is 86.5 cm³/mol. The van der Waals surface area contributed by atoms with Crippen molar-refractivity contribution in [3.8, 4) is 11.4 Å². The minimum absolute atomic E-state index is 0.00433. The average Bonchev–Trinajstić information content (AvgIpc) is 3.11. The summed E-state index contributed by atoms with van der Waals surface area (Å²) in [7, 11) is 0. The average molecular weight is 369 g/mol. The molecule has 0 saturated carbocycles. The first-order chi connectivity index (χ1) is 12.3. The van der Waals surface area contributed by atoms with Crippen LogP contribution in [-0.2, 0) is 4.79 Å². The van der Waals surface area contributed by atoms with Crippen molar-refractivity contribution in [2.24, 2.45) is 0 Å². The van der Waals surface area contributed by atoms with Crippen LogP contribution in [0.5, 0.6) is 0 Å². The van der Waals surface area contributed by atoms with Crippen molar-refractivity contribution in [1.82, 2.24) is 20.0 Å². The van der Waals surface area contributed by atoms with Crippen LogP contribution in [0.3, 0.4) is 0 Å². The number of aromatic nitrogens is 3. The van der Waals surface area contributed by atoms with Crippen molar-refractivity contribution in [1.29, 1.82) is 0 Å². The summed E-state index contributed by atoms with van der Waals surface area (Å²) in [5, 5.41) is 3.91. The van der Waals surface area contributed by atoms with Crippen LogP contribution in [0.2, 0.25) is 0 Å². The number of halogens is 3. The van der Waals surface area contributed by atoms with Gasteiger partial charge in [0.25, 0.3) is 0 Å². The number of pyridine rings is 1. The maximum atomic E-state index is 12.5. The monoisotopic (exact) mass is 369 g/mol. The standard InChI is InChI=1S/C16H18F3N5O2/c1-10(2)14-21-13(22-26-14)11-3-4-12(20-9-11)23-5-7-24(8-6-23)15(25)16(17,18)19/h3-4,9-10H,5-8H2,1-2H3. The Morgan fingerprint density at radius 2 is 1.88 bits per heavy atom. The molecular weight excluding hydrogens is 351 g/mol. The van der Waals surface area contributed by atoms with E-state index in [1.165, 1.54) is 0 Å². The molecule has 0 bridgehead atoms. The highest BCUT2D eigenvalue weighted by molar-refractivity contribution is 5.82. The molecule has 140 valence electrons. The molecule has 7 nitrogen and oxygen atoms in total. The topological polar surface area (TPSA) is 75.4 Å². The lowest BCUT2D eigenvalue weighted by atomic mass is 10.2. The van der Waals surface area contributed by atoms with Crippen molar-refractivity contribution in [2.75, 3.05) is 31.1 Å². The predicted octanol–water partition coefficient (Wildman–Crippen LogP) is 2.47. The van der Waals surface area contributed by atoms with Gasteiger partial charge in [-0.25, -0.2) is 4.98 Å². The van der Waals surface area contributed by atoms with E-state index in [9.17, 15) is 18.0 Å². The molecule has 2 aromatic rings. The van der Waals surface area contributed by atoms with Gasteiger partial charge in [0.1, 0.15) is 5.82 Å². The van der Waals surface area contributed by atoms with E-state index in [0.29, 0.717) is 23.1 Å². The van der Waals surface area contributed by atoms with Gasteiger partial charge in [-0.3, -0.25) is 4.79 Å². The third kappa shape index (κ3) is 3.78. The highest BCUT2D eigenvalue weighted by Crippen LogP contribution is 2.23. The van der Waals surface area contributed by atoms with Crippen molar-refractivity contribution in [2.45, 2.75) is 25.9 Å². The molecule has 10 heteroatoms. The summed E-state index contributed by atoms with van der Waals surface area (Å²) in [6.45, 7) is 4.47. The number of carbonyl (C=O) groups excluding carboxylic acids is 1. The number of nitrogens with zero attached hydrogens (tertiary/aromatic N) is 5. The normalized spacial score (nSPS) is 15.6. The number of piperazine rings is 1. The summed E-state index contributed by atoms with van der Waals surface area (Å²) in [5.74, 6) is -0.0685. The lowest BCUT2D eigenvalue weighted by molar-refractivity contribution is -0.185. The Morgan fingerprint density at radius 3 is 2.38 bits per heavy atom. The van der Waals surface area contributed by atoms with Gasteiger partial charge >= 0.3 is 12.1 Å².